The molecule has 0 aliphatic carbocycles. The van der Waals surface area contributed by atoms with Gasteiger partial charge in [0, 0.05) is 19.4 Å². The number of carbonyl (C=O) groups is 2. The minimum Gasteiger partial charge on any atom is -0.423 e. The predicted octanol–water partition coefficient (Wildman–Crippen LogP) is 3.20. The lowest BCUT2D eigenvalue weighted by atomic mass is 10.0. The molecule has 0 unspecified atom stereocenters. The lowest BCUT2D eigenvalue weighted by Crippen LogP contribution is -2.08. The molecule has 2 aromatic rings. The first kappa shape index (κ1) is 13.8. The first-order valence-corrected chi connectivity index (χ1v) is 6.13. The summed E-state index contributed by atoms with van der Waals surface area (Å²) in [6, 6.07) is 14.6. The summed E-state index contributed by atoms with van der Waals surface area (Å²) in [5, 5.41) is 0. The third-order valence-corrected chi connectivity index (χ3v) is 2.56. The molecule has 20 heavy (non-hydrogen) atoms. The van der Waals surface area contributed by atoms with E-state index < -0.39 is 11.9 Å². The molecule has 0 bridgehead atoms. The molecule has 4 heteroatoms. The highest BCUT2D eigenvalue weighted by molar-refractivity contribution is 5.81. The Morgan fingerprint density at radius 2 is 1.45 bits per heavy atom. The molecule has 0 aromatic heterocycles. The fourth-order valence-corrected chi connectivity index (χ4v) is 1.85. The standard InChI is InChI=1S/C16H14O4/c1-11(17)19-15-10-6-9-14(16(15)20-12(2)18)13-7-4-3-5-8-13/h3-10H,1-2H3. The number of para-hydroxylation sites is 1. The Balaban J connectivity index is 2.55. The second-order valence-electron chi connectivity index (χ2n) is 4.19. The number of rotatable bonds is 3. The highest BCUT2D eigenvalue weighted by Gasteiger charge is 2.16. The van der Waals surface area contributed by atoms with Crippen LogP contribution in [-0.4, -0.2) is 11.9 Å². The van der Waals surface area contributed by atoms with Gasteiger partial charge in [0.2, 0.25) is 0 Å². The van der Waals surface area contributed by atoms with Gasteiger partial charge in [0.05, 0.1) is 0 Å². The number of benzene rings is 2. The summed E-state index contributed by atoms with van der Waals surface area (Å²) < 4.78 is 10.3. The second kappa shape index (κ2) is 6.02. The van der Waals surface area contributed by atoms with Crippen molar-refractivity contribution in [2.45, 2.75) is 13.8 Å². The summed E-state index contributed by atoms with van der Waals surface area (Å²) in [6.07, 6.45) is 0. The average Bonchev–Trinajstić information content (AvgIpc) is 2.40. The smallest absolute Gasteiger partial charge is 0.308 e. The van der Waals surface area contributed by atoms with E-state index in [1.54, 1.807) is 18.2 Å². The normalized spacial score (nSPS) is 9.90. The molecule has 4 nitrogen and oxygen atoms in total. The van der Waals surface area contributed by atoms with Crippen LogP contribution in [0.3, 0.4) is 0 Å². The van der Waals surface area contributed by atoms with E-state index in [0.29, 0.717) is 5.56 Å². The van der Waals surface area contributed by atoms with Gasteiger partial charge in [-0.1, -0.05) is 42.5 Å². The van der Waals surface area contributed by atoms with Crippen LogP contribution in [0, 0.1) is 0 Å². The molecule has 0 spiro atoms. The van der Waals surface area contributed by atoms with Crippen molar-refractivity contribution in [3.8, 4) is 22.6 Å². The SMILES string of the molecule is CC(=O)Oc1cccc(-c2ccccc2)c1OC(C)=O. The van der Waals surface area contributed by atoms with Gasteiger partial charge in [-0.15, -0.1) is 0 Å². The summed E-state index contributed by atoms with van der Waals surface area (Å²) in [5.74, 6) is -0.458. The molecule has 102 valence electrons. The maximum atomic E-state index is 11.3. The van der Waals surface area contributed by atoms with Gasteiger partial charge in [-0.25, -0.2) is 0 Å². The van der Waals surface area contributed by atoms with E-state index >= 15 is 0 Å². The van der Waals surface area contributed by atoms with Gasteiger partial charge in [0.25, 0.3) is 0 Å². The Morgan fingerprint density at radius 1 is 0.800 bits per heavy atom. The van der Waals surface area contributed by atoms with Crippen molar-refractivity contribution in [2.75, 3.05) is 0 Å². The first-order valence-electron chi connectivity index (χ1n) is 6.13. The van der Waals surface area contributed by atoms with E-state index in [4.69, 9.17) is 9.47 Å². The fraction of sp³-hybridized carbons (Fsp3) is 0.125. The molecule has 2 aromatic carbocycles. The number of hydrogen-bond donors (Lipinski definition) is 0. The predicted molar refractivity (Wildman–Crippen MR) is 74.5 cm³/mol. The van der Waals surface area contributed by atoms with Crippen LogP contribution in [0.15, 0.2) is 48.5 Å². The molecule has 0 aliphatic rings. The molecule has 0 radical (unpaired) electrons. The van der Waals surface area contributed by atoms with Crippen molar-refractivity contribution in [1.29, 1.82) is 0 Å². The molecule has 0 saturated heterocycles. The van der Waals surface area contributed by atoms with Crippen LogP contribution in [0.5, 0.6) is 11.5 Å². The van der Waals surface area contributed by atoms with Gasteiger partial charge in [-0.2, -0.15) is 0 Å². The van der Waals surface area contributed by atoms with E-state index in [1.807, 2.05) is 30.3 Å². The fourth-order valence-electron chi connectivity index (χ4n) is 1.85. The second-order valence-corrected chi connectivity index (χ2v) is 4.19. The Morgan fingerprint density at radius 3 is 2.05 bits per heavy atom. The van der Waals surface area contributed by atoms with E-state index in [2.05, 4.69) is 0 Å². The molecule has 0 N–H and O–H groups in total. The number of hydrogen-bond acceptors (Lipinski definition) is 4. The van der Waals surface area contributed by atoms with Crippen molar-refractivity contribution in [3.63, 3.8) is 0 Å². The zero-order valence-electron chi connectivity index (χ0n) is 11.3. The number of ether oxygens (including phenoxy) is 2. The van der Waals surface area contributed by atoms with Crippen LogP contribution in [-0.2, 0) is 9.59 Å². The minimum atomic E-state index is -0.471. The van der Waals surface area contributed by atoms with Crippen molar-refractivity contribution in [1.82, 2.24) is 0 Å². The van der Waals surface area contributed by atoms with Crippen LogP contribution in [0.2, 0.25) is 0 Å². The summed E-state index contributed by atoms with van der Waals surface area (Å²) in [7, 11) is 0. The third kappa shape index (κ3) is 3.23. The minimum absolute atomic E-state index is 0.231. The Hall–Kier alpha value is -2.62. The van der Waals surface area contributed by atoms with Gasteiger partial charge in [0.15, 0.2) is 11.5 Å². The van der Waals surface area contributed by atoms with Gasteiger partial charge in [-0.05, 0) is 11.6 Å². The molecule has 0 heterocycles. The summed E-state index contributed by atoms with van der Waals surface area (Å²) >= 11 is 0. The summed E-state index contributed by atoms with van der Waals surface area (Å²) in [6.45, 7) is 2.60. The van der Waals surface area contributed by atoms with Crippen LogP contribution in [0.1, 0.15) is 13.8 Å². The van der Waals surface area contributed by atoms with E-state index in [9.17, 15) is 9.59 Å². The van der Waals surface area contributed by atoms with Gasteiger partial charge in [-0.3, -0.25) is 9.59 Å². The third-order valence-electron chi connectivity index (χ3n) is 2.56. The summed E-state index contributed by atoms with van der Waals surface area (Å²) in [5.41, 5.74) is 1.57. The maximum absolute atomic E-state index is 11.3. The number of carbonyl (C=O) groups excluding carboxylic acids is 2. The maximum Gasteiger partial charge on any atom is 0.308 e. The van der Waals surface area contributed by atoms with E-state index in [-0.39, 0.29) is 11.5 Å². The number of esters is 2. The van der Waals surface area contributed by atoms with Crippen molar-refractivity contribution >= 4 is 11.9 Å². The highest BCUT2D eigenvalue weighted by atomic mass is 16.6. The zero-order valence-corrected chi connectivity index (χ0v) is 11.3. The van der Waals surface area contributed by atoms with Gasteiger partial charge in [0.1, 0.15) is 0 Å². The highest BCUT2D eigenvalue weighted by Crippen LogP contribution is 2.38. The van der Waals surface area contributed by atoms with Crippen molar-refractivity contribution < 1.29 is 19.1 Å². The van der Waals surface area contributed by atoms with Crippen molar-refractivity contribution in [3.05, 3.63) is 48.5 Å². The molecular formula is C16H14O4. The molecule has 0 saturated carbocycles. The lowest BCUT2D eigenvalue weighted by molar-refractivity contribution is -0.134. The molecule has 0 atom stereocenters. The van der Waals surface area contributed by atoms with Crippen LogP contribution < -0.4 is 9.47 Å². The van der Waals surface area contributed by atoms with Gasteiger partial charge < -0.3 is 9.47 Å². The largest absolute Gasteiger partial charge is 0.423 e. The Kier molecular flexibility index (Phi) is 4.15. The zero-order chi connectivity index (χ0) is 14.5. The first-order chi connectivity index (χ1) is 9.58. The lowest BCUT2D eigenvalue weighted by Gasteiger charge is -2.13. The average molecular weight is 270 g/mol. The van der Waals surface area contributed by atoms with Crippen LogP contribution >= 0.6 is 0 Å². The molecule has 0 fully saturated rings. The van der Waals surface area contributed by atoms with Crippen molar-refractivity contribution in [2.24, 2.45) is 0 Å². The van der Waals surface area contributed by atoms with E-state index in [1.165, 1.54) is 13.8 Å². The topological polar surface area (TPSA) is 52.6 Å². The molecule has 0 aliphatic heterocycles. The van der Waals surface area contributed by atoms with Crippen LogP contribution in [0.25, 0.3) is 11.1 Å². The molecule has 2 rings (SSSR count). The summed E-state index contributed by atoms with van der Waals surface area (Å²) in [4.78, 5) is 22.4. The van der Waals surface area contributed by atoms with Crippen LogP contribution in [0.4, 0.5) is 0 Å². The molecule has 0 amide bonds. The Labute approximate surface area is 116 Å². The molecular weight excluding hydrogens is 256 g/mol. The quantitative estimate of drug-likeness (QED) is 0.635. The van der Waals surface area contributed by atoms with Gasteiger partial charge >= 0.3 is 11.9 Å². The monoisotopic (exact) mass is 270 g/mol. The Bertz CT molecular complexity index is 632. The van der Waals surface area contributed by atoms with E-state index in [0.717, 1.165) is 5.56 Å².